The maximum atomic E-state index is 11.1. The van der Waals surface area contributed by atoms with Crippen LogP contribution >= 0.6 is 0 Å². The van der Waals surface area contributed by atoms with Crippen LogP contribution in [0.15, 0.2) is 24.3 Å². The lowest BCUT2D eigenvalue weighted by atomic mass is 10.3. The van der Waals surface area contributed by atoms with Gasteiger partial charge in [-0.1, -0.05) is 0 Å². The van der Waals surface area contributed by atoms with E-state index in [0.29, 0.717) is 11.4 Å². The Balaban J connectivity index is 2.31. The fraction of sp³-hybridized carbons (Fsp3) is 0.200. The number of amides is 2. The fourth-order valence-corrected chi connectivity index (χ4v) is 0.950. The normalized spacial score (nSPS) is 9.50. The van der Waals surface area contributed by atoms with Gasteiger partial charge in [-0.2, -0.15) is 0 Å². The lowest BCUT2D eigenvalue weighted by molar-refractivity contribution is -0.126. The van der Waals surface area contributed by atoms with Crippen LogP contribution < -0.4 is 21.5 Å². The van der Waals surface area contributed by atoms with Crippen molar-refractivity contribution in [1.29, 1.82) is 0 Å². The summed E-state index contributed by atoms with van der Waals surface area (Å²) in [5.74, 6) is -0.472. The molecule has 1 rings (SSSR count). The predicted molar refractivity (Wildman–Crippen MR) is 58.6 cm³/mol. The van der Waals surface area contributed by atoms with E-state index < -0.39 is 11.8 Å². The van der Waals surface area contributed by atoms with Crippen molar-refractivity contribution in [3.63, 3.8) is 0 Å². The Morgan fingerprint density at radius 1 is 1.25 bits per heavy atom. The van der Waals surface area contributed by atoms with Crippen LogP contribution in [0.2, 0.25) is 0 Å². The molecular weight excluding hydrogens is 210 g/mol. The molecular formula is C10H13N3O3. The van der Waals surface area contributed by atoms with E-state index in [9.17, 15) is 9.59 Å². The maximum absolute atomic E-state index is 11.1. The van der Waals surface area contributed by atoms with Crippen LogP contribution in [0.4, 0.5) is 5.69 Å². The number of ether oxygens (including phenoxy) is 1. The van der Waals surface area contributed by atoms with E-state index in [1.807, 2.05) is 0 Å². The highest BCUT2D eigenvalue weighted by Gasteiger charge is 2.03. The zero-order chi connectivity index (χ0) is 12.0. The zero-order valence-electron chi connectivity index (χ0n) is 8.60. The molecule has 0 bridgehead atoms. The van der Waals surface area contributed by atoms with Gasteiger partial charge in [0.25, 0.3) is 5.91 Å². The molecule has 0 saturated carbocycles. The molecule has 0 aliphatic heterocycles. The molecule has 6 heteroatoms. The standard InChI is InChI=1S/C10H13N3O3/c11-7-1-3-8(4-2-7)16-6-10(15)13-5-9(12)14/h1-4H,5-6,11H2,(H2,12,14)(H,13,15). The number of carbonyl (C=O) groups is 2. The zero-order valence-corrected chi connectivity index (χ0v) is 8.60. The summed E-state index contributed by atoms with van der Waals surface area (Å²) in [5, 5.41) is 2.30. The molecule has 1 aromatic carbocycles. The van der Waals surface area contributed by atoms with Gasteiger partial charge in [0.05, 0.1) is 6.54 Å². The second-order valence-electron chi connectivity index (χ2n) is 3.10. The van der Waals surface area contributed by atoms with Crippen molar-refractivity contribution in [1.82, 2.24) is 5.32 Å². The summed E-state index contributed by atoms with van der Waals surface area (Å²) in [6, 6.07) is 6.63. The SMILES string of the molecule is NC(=O)CNC(=O)COc1ccc(N)cc1. The number of hydrogen-bond donors (Lipinski definition) is 3. The number of benzene rings is 1. The monoisotopic (exact) mass is 223 g/mol. The Bertz CT molecular complexity index is 375. The molecule has 0 fully saturated rings. The number of carbonyl (C=O) groups excluding carboxylic acids is 2. The van der Waals surface area contributed by atoms with E-state index >= 15 is 0 Å². The number of nitrogen functional groups attached to an aromatic ring is 1. The van der Waals surface area contributed by atoms with E-state index in [-0.39, 0.29) is 13.2 Å². The molecule has 16 heavy (non-hydrogen) atoms. The fourth-order valence-electron chi connectivity index (χ4n) is 0.950. The van der Waals surface area contributed by atoms with Crippen molar-refractivity contribution in [2.75, 3.05) is 18.9 Å². The van der Waals surface area contributed by atoms with Gasteiger partial charge in [0.2, 0.25) is 5.91 Å². The van der Waals surface area contributed by atoms with Crippen molar-refractivity contribution in [2.45, 2.75) is 0 Å². The lowest BCUT2D eigenvalue weighted by Gasteiger charge is -2.06. The highest BCUT2D eigenvalue weighted by Crippen LogP contribution is 2.12. The second-order valence-corrected chi connectivity index (χ2v) is 3.10. The van der Waals surface area contributed by atoms with Crippen LogP contribution in [0.5, 0.6) is 5.75 Å². The lowest BCUT2D eigenvalue weighted by Crippen LogP contribution is -2.36. The molecule has 0 unspecified atom stereocenters. The molecule has 0 radical (unpaired) electrons. The summed E-state index contributed by atoms with van der Waals surface area (Å²) in [6.45, 7) is -0.360. The smallest absolute Gasteiger partial charge is 0.258 e. The first-order valence-corrected chi connectivity index (χ1v) is 4.61. The van der Waals surface area contributed by atoms with E-state index in [4.69, 9.17) is 16.2 Å². The van der Waals surface area contributed by atoms with Gasteiger partial charge in [-0.3, -0.25) is 9.59 Å². The molecule has 0 aromatic heterocycles. The van der Waals surface area contributed by atoms with Crippen LogP contribution in [-0.4, -0.2) is 25.0 Å². The minimum atomic E-state index is -0.596. The van der Waals surface area contributed by atoms with Crippen LogP contribution in [-0.2, 0) is 9.59 Å². The Kier molecular flexibility index (Phi) is 4.14. The Morgan fingerprint density at radius 2 is 1.88 bits per heavy atom. The van der Waals surface area contributed by atoms with E-state index in [0.717, 1.165) is 0 Å². The summed E-state index contributed by atoms with van der Waals surface area (Å²) in [6.07, 6.45) is 0. The molecule has 86 valence electrons. The van der Waals surface area contributed by atoms with Gasteiger partial charge in [-0.05, 0) is 24.3 Å². The number of hydrogen-bond acceptors (Lipinski definition) is 4. The molecule has 0 aliphatic carbocycles. The first kappa shape index (κ1) is 11.8. The number of nitrogens with two attached hydrogens (primary N) is 2. The summed E-state index contributed by atoms with van der Waals surface area (Å²) in [7, 11) is 0. The van der Waals surface area contributed by atoms with E-state index in [1.165, 1.54) is 0 Å². The van der Waals surface area contributed by atoms with Gasteiger partial charge in [-0.25, -0.2) is 0 Å². The summed E-state index contributed by atoms with van der Waals surface area (Å²) < 4.78 is 5.14. The highest BCUT2D eigenvalue weighted by molar-refractivity contribution is 5.84. The Morgan fingerprint density at radius 3 is 2.44 bits per heavy atom. The Labute approximate surface area is 92.6 Å². The summed E-state index contributed by atoms with van der Waals surface area (Å²) in [4.78, 5) is 21.5. The second kappa shape index (κ2) is 5.59. The van der Waals surface area contributed by atoms with Crippen molar-refractivity contribution >= 4 is 17.5 Å². The van der Waals surface area contributed by atoms with Gasteiger partial charge in [-0.15, -0.1) is 0 Å². The van der Waals surface area contributed by atoms with Crippen molar-refractivity contribution in [3.8, 4) is 5.75 Å². The van der Waals surface area contributed by atoms with Crippen molar-refractivity contribution < 1.29 is 14.3 Å². The molecule has 0 saturated heterocycles. The third-order valence-corrected chi connectivity index (χ3v) is 1.71. The number of rotatable bonds is 5. The molecule has 0 atom stereocenters. The third kappa shape index (κ3) is 4.32. The van der Waals surface area contributed by atoms with Gasteiger partial charge in [0.1, 0.15) is 5.75 Å². The van der Waals surface area contributed by atoms with Gasteiger partial charge < -0.3 is 21.5 Å². The van der Waals surface area contributed by atoms with E-state index in [2.05, 4.69) is 5.32 Å². The number of primary amides is 1. The third-order valence-electron chi connectivity index (χ3n) is 1.71. The molecule has 0 spiro atoms. The average molecular weight is 223 g/mol. The summed E-state index contributed by atoms with van der Waals surface area (Å²) in [5.41, 5.74) is 10.9. The largest absolute Gasteiger partial charge is 0.484 e. The van der Waals surface area contributed by atoms with Crippen LogP contribution in [0.3, 0.4) is 0 Å². The molecule has 5 N–H and O–H groups in total. The topological polar surface area (TPSA) is 107 Å². The first-order chi connectivity index (χ1) is 7.58. The number of anilines is 1. The number of nitrogens with one attached hydrogen (secondary N) is 1. The van der Waals surface area contributed by atoms with Gasteiger partial charge >= 0.3 is 0 Å². The highest BCUT2D eigenvalue weighted by atomic mass is 16.5. The average Bonchev–Trinajstić information content (AvgIpc) is 2.25. The minimum Gasteiger partial charge on any atom is -0.484 e. The summed E-state index contributed by atoms with van der Waals surface area (Å²) >= 11 is 0. The van der Waals surface area contributed by atoms with Crippen LogP contribution in [0, 0.1) is 0 Å². The molecule has 1 aromatic rings. The van der Waals surface area contributed by atoms with Crippen LogP contribution in [0.1, 0.15) is 0 Å². The minimum absolute atomic E-state index is 0.169. The maximum Gasteiger partial charge on any atom is 0.258 e. The van der Waals surface area contributed by atoms with Crippen LogP contribution in [0.25, 0.3) is 0 Å². The molecule has 0 heterocycles. The van der Waals surface area contributed by atoms with Gasteiger partial charge in [0, 0.05) is 5.69 Å². The first-order valence-electron chi connectivity index (χ1n) is 4.61. The quantitative estimate of drug-likeness (QED) is 0.571. The van der Waals surface area contributed by atoms with Gasteiger partial charge in [0.15, 0.2) is 6.61 Å². The molecule has 0 aliphatic rings. The van der Waals surface area contributed by atoms with Crippen molar-refractivity contribution in [3.05, 3.63) is 24.3 Å². The van der Waals surface area contributed by atoms with E-state index in [1.54, 1.807) is 24.3 Å². The molecule has 2 amide bonds. The van der Waals surface area contributed by atoms with Crippen molar-refractivity contribution in [2.24, 2.45) is 5.73 Å². The Hall–Kier alpha value is -2.24. The molecule has 6 nitrogen and oxygen atoms in total. The predicted octanol–water partition coefficient (Wildman–Crippen LogP) is -0.751.